The highest BCUT2D eigenvalue weighted by atomic mass is 32.2. The van der Waals surface area contributed by atoms with Gasteiger partial charge in [-0.15, -0.1) is 0 Å². The fraction of sp³-hybridized carbons (Fsp3) is 0.765. The monoisotopic (exact) mass is 377 g/mol. The second kappa shape index (κ2) is 8.69. The van der Waals surface area contributed by atoms with Gasteiger partial charge in [0.1, 0.15) is 11.2 Å². The van der Waals surface area contributed by atoms with E-state index in [1.165, 1.54) is 6.08 Å². The van der Waals surface area contributed by atoms with Crippen molar-refractivity contribution < 1.29 is 27.5 Å². The lowest BCUT2D eigenvalue weighted by Gasteiger charge is -2.24. The molecule has 8 heteroatoms. The van der Waals surface area contributed by atoms with Crippen LogP contribution in [0.1, 0.15) is 61.8 Å². The summed E-state index contributed by atoms with van der Waals surface area (Å²) < 4.78 is 34.2. The predicted molar refractivity (Wildman–Crippen MR) is 96.8 cm³/mol. The SMILES string of the molecule is CC(C)S(=O)(=O)C=CC(CC(=O)OC(C)(C)C)NC(=O)OC(C)(C)C. The second-order valence-corrected chi connectivity index (χ2v) is 10.4. The third-order valence-electron chi connectivity index (χ3n) is 2.67. The number of esters is 1. The topological polar surface area (TPSA) is 98.8 Å². The second-order valence-electron chi connectivity index (χ2n) is 8.01. The number of nitrogens with one attached hydrogen (secondary N) is 1. The van der Waals surface area contributed by atoms with Crippen LogP contribution in [0.4, 0.5) is 4.79 Å². The molecule has 0 rings (SSSR count). The summed E-state index contributed by atoms with van der Waals surface area (Å²) in [6.45, 7) is 13.4. The minimum atomic E-state index is -3.46. The average Bonchev–Trinajstić information content (AvgIpc) is 2.30. The minimum Gasteiger partial charge on any atom is -0.460 e. The highest BCUT2D eigenvalue weighted by Gasteiger charge is 2.24. The summed E-state index contributed by atoms with van der Waals surface area (Å²) in [7, 11) is -3.46. The van der Waals surface area contributed by atoms with Gasteiger partial charge in [0, 0.05) is 5.41 Å². The van der Waals surface area contributed by atoms with E-state index >= 15 is 0 Å². The normalized spacial score (nSPS) is 14.4. The van der Waals surface area contributed by atoms with E-state index in [0.717, 1.165) is 5.41 Å². The number of carbonyl (C=O) groups excluding carboxylic acids is 2. The molecule has 1 N–H and O–H groups in total. The molecule has 0 saturated heterocycles. The zero-order chi connectivity index (χ0) is 20.1. The summed E-state index contributed by atoms with van der Waals surface area (Å²) >= 11 is 0. The smallest absolute Gasteiger partial charge is 0.408 e. The maximum absolute atomic E-state index is 12.0. The number of ether oxygens (including phenoxy) is 2. The molecule has 0 fully saturated rings. The van der Waals surface area contributed by atoms with Gasteiger partial charge in [-0.3, -0.25) is 4.79 Å². The van der Waals surface area contributed by atoms with Crippen LogP contribution in [-0.2, 0) is 24.1 Å². The van der Waals surface area contributed by atoms with E-state index in [0.29, 0.717) is 0 Å². The van der Waals surface area contributed by atoms with E-state index in [4.69, 9.17) is 9.47 Å². The molecular weight excluding hydrogens is 346 g/mol. The van der Waals surface area contributed by atoms with Crippen LogP contribution < -0.4 is 5.32 Å². The van der Waals surface area contributed by atoms with E-state index in [1.54, 1.807) is 55.4 Å². The lowest BCUT2D eigenvalue weighted by atomic mass is 10.1. The molecule has 0 aliphatic carbocycles. The number of sulfone groups is 1. The Morgan fingerprint density at radius 1 is 1.00 bits per heavy atom. The van der Waals surface area contributed by atoms with Crippen molar-refractivity contribution in [1.29, 1.82) is 0 Å². The Bertz CT molecular complexity index is 564. The molecule has 1 atom stereocenters. The van der Waals surface area contributed by atoms with Crippen LogP contribution >= 0.6 is 0 Å². The Balaban J connectivity index is 5.21. The highest BCUT2D eigenvalue weighted by Crippen LogP contribution is 2.12. The largest absolute Gasteiger partial charge is 0.460 e. The molecule has 0 aliphatic rings. The minimum absolute atomic E-state index is 0.208. The molecule has 146 valence electrons. The van der Waals surface area contributed by atoms with E-state index in [9.17, 15) is 18.0 Å². The van der Waals surface area contributed by atoms with Gasteiger partial charge in [-0.25, -0.2) is 13.2 Å². The van der Waals surface area contributed by atoms with Crippen molar-refractivity contribution in [3.63, 3.8) is 0 Å². The van der Waals surface area contributed by atoms with Crippen LogP contribution in [0.25, 0.3) is 0 Å². The molecule has 25 heavy (non-hydrogen) atoms. The first-order chi connectivity index (χ1) is 11.0. The van der Waals surface area contributed by atoms with Gasteiger partial charge in [0.15, 0.2) is 9.84 Å². The van der Waals surface area contributed by atoms with Gasteiger partial charge in [-0.05, 0) is 55.4 Å². The number of rotatable bonds is 6. The Morgan fingerprint density at radius 3 is 1.88 bits per heavy atom. The van der Waals surface area contributed by atoms with Crippen LogP contribution in [0.15, 0.2) is 11.5 Å². The maximum Gasteiger partial charge on any atom is 0.408 e. The summed E-state index contributed by atoms with van der Waals surface area (Å²) in [5.74, 6) is -0.555. The van der Waals surface area contributed by atoms with E-state index in [2.05, 4.69) is 5.32 Å². The highest BCUT2D eigenvalue weighted by molar-refractivity contribution is 7.94. The van der Waals surface area contributed by atoms with Gasteiger partial charge in [0.05, 0.1) is 17.7 Å². The van der Waals surface area contributed by atoms with Crippen molar-refractivity contribution in [3.05, 3.63) is 11.5 Å². The molecular formula is C17H31NO6S. The van der Waals surface area contributed by atoms with E-state index < -0.39 is 44.4 Å². The summed E-state index contributed by atoms with van der Waals surface area (Å²) in [6, 6.07) is -0.863. The molecule has 0 spiro atoms. The Kier molecular flexibility index (Phi) is 8.14. The number of hydrogen-bond acceptors (Lipinski definition) is 6. The molecule has 1 amide bonds. The van der Waals surface area contributed by atoms with Crippen LogP contribution in [0.2, 0.25) is 0 Å². The molecule has 0 aromatic heterocycles. The molecule has 7 nitrogen and oxygen atoms in total. The molecule has 0 bridgehead atoms. The first-order valence-electron chi connectivity index (χ1n) is 8.15. The van der Waals surface area contributed by atoms with Gasteiger partial charge >= 0.3 is 12.1 Å². The third kappa shape index (κ3) is 11.6. The fourth-order valence-electron chi connectivity index (χ4n) is 1.55. The van der Waals surface area contributed by atoms with Gasteiger partial charge < -0.3 is 14.8 Å². The molecule has 0 aromatic rings. The lowest BCUT2D eigenvalue weighted by molar-refractivity contribution is -0.155. The van der Waals surface area contributed by atoms with Gasteiger partial charge in [-0.2, -0.15) is 0 Å². The van der Waals surface area contributed by atoms with Crippen LogP contribution in [0, 0.1) is 0 Å². The van der Waals surface area contributed by atoms with Gasteiger partial charge in [0.2, 0.25) is 0 Å². The van der Waals surface area contributed by atoms with Crippen molar-refractivity contribution in [1.82, 2.24) is 5.32 Å². The first kappa shape index (κ1) is 23.4. The quantitative estimate of drug-likeness (QED) is 0.715. The molecule has 1 unspecified atom stereocenters. The van der Waals surface area contributed by atoms with Crippen LogP contribution in [0.5, 0.6) is 0 Å². The summed E-state index contributed by atoms with van der Waals surface area (Å²) in [5.41, 5.74) is -1.39. The Labute approximate surface area is 151 Å². The average molecular weight is 378 g/mol. The van der Waals surface area contributed by atoms with Gasteiger partial charge in [0.25, 0.3) is 0 Å². The van der Waals surface area contributed by atoms with Gasteiger partial charge in [-0.1, -0.05) is 6.08 Å². The number of carbonyl (C=O) groups is 2. The van der Waals surface area contributed by atoms with Crippen molar-refractivity contribution in [3.8, 4) is 0 Å². The van der Waals surface area contributed by atoms with E-state index in [1.807, 2.05) is 0 Å². The molecule has 0 radical (unpaired) electrons. The summed E-state index contributed by atoms with van der Waals surface area (Å²) in [5, 5.41) is 2.89. The number of amides is 1. The zero-order valence-corrected chi connectivity index (χ0v) is 17.2. The molecule has 0 aromatic carbocycles. The zero-order valence-electron chi connectivity index (χ0n) is 16.4. The third-order valence-corrected chi connectivity index (χ3v) is 4.52. The van der Waals surface area contributed by atoms with E-state index in [-0.39, 0.29) is 6.42 Å². The molecule has 0 heterocycles. The first-order valence-corrected chi connectivity index (χ1v) is 9.76. The fourth-order valence-corrected chi connectivity index (χ4v) is 2.27. The lowest BCUT2D eigenvalue weighted by Crippen LogP contribution is -2.40. The standard InChI is InChI=1S/C17H31NO6S/c1-12(2)25(21,22)10-9-13(11-14(19)23-16(3,4)5)18-15(20)24-17(6,7)8/h9-10,12-13H,11H2,1-8H3,(H,18,20). The predicted octanol–water partition coefficient (Wildman–Crippen LogP) is 2.95. The number of hydrogen-bond donors (Lipinski definition) is 1. The van der Waals surface area contributed by atoms with Crippen molar-refractivity contribution in [2.24, 2.45) is 0 Å². The van der Waals surface area contributed by atoms with Crippen molar-refractivity contribution in [2.75, 3.05) is 0 Å². The Hall–Kier alpha value is -1.57. The summed E-state index contributed by atoms with van der Waals surface area (Å²) in [6.07, 6.45) is 0.316. The molecule has 0 aliphatic heterocycles. The molecule has 0 saturated carbocycles. The van der Waals surface area contributed by atoms with Crippen LogP contribution in [-0.4, -0.2) is 43.0 Å². The Morgan fingerprint density at radius 2 is 1.48 bits per heavy atom. The summed E-state index contributed by atoms with van der Waals surface area (Å²) in [4.78, 5) is 23.9. The van der Waals surface area contributed by atoms with Crippen molar-refractivity contribution in [2.45, 2.75) is 84.3 Å². The van der Waals surface area contributed by atoms with Crippen LogP contribution in [0.3, 0.4) is 0 Å². The number of alkyl carbamates (subject to hydrolysis) is 1. The maximum atomic E-state index is 12.0. The van der Waals surface area contributed by atoms with Crippen molar-refractivity contribution >= 4 is 21.9 Å².